The van der Waals surface area contributed by atoms with Gasteiger partial charge < -0.3 is 10.0 Å². The third kappa shape index (κ3) is 5.51. The van der Waals surface area contributed by atoms with E-state index in [1.54, 1.807) is 11.0 Å². The molecule has 1 rings (SSSR count). The summed E-state index contributed by atoms with van der Waals surface area (Å²) in [6.07, 6.45) is 0.885. The van der Waals surface area contributed by atoms with Crippen molar-refractivity contribution < 1.29 is 14.7 Å². The molecule has 0 fully saturated rings. The van der Waals surface area contributed by atoms with Crippen molar-refractivity contribution in [1.29, 1.82) is 0 Å². The largest absolute Gasteiger partial charge is 0.481 e. The first-order valence-corrected chi connectivity index (χ1v) is 7.54. The Hall–Kier alpha value is -1.07. The summed E-state index contributed by atoms with van der Waals surface area (Å²) in [4.78, 5) is 24.1. The van der Waals surface area contributed by atoms with Gasteiger partial charge in [-0.15, -0.1) is 0 Å². The van der Waals surface area contributed by atoms with Crippen molar-refractivity contribution >= 4 is 39.4 Å². The molecule has 1 aromatic carbocycles. The van der Waals surface area contributed by atoms with Gasteiger partial charge in [0, 0.05) is 29.0 Å². The molecule has 0 saturated heterocycles. The maximum atomic E-state index is 12.0. The molecule has 0 bridgehead atoms. The molecule has 6 heteroatoms. The van der Waals surface area contributed by atoms with Crippen LogP contribution in [0.1, 0.15) is 25.3 Å². The molecule has 1 amide bonds. The summed E-state index contributed by atoms with van der Waals surface area (Å²) in [7, 11) is 0. The molecule has 0 unspecified atom stereocenters. The second-order valence-electron chi connectivity index (χ2n) is 4.35. The van der Waals surface area contributed by atoms with E-state index in [2.05, 4.69) is 15.9 Å². The highest BCUT2D eigenvalue weighted by atomic mass is 79.9. The van der Waals surface area contributed by atoms with E-state index in [1.165, 1.54) is 0 Å². The van der Waals surface area contributed by atoms with Crippen LogP contribution in [0.5, 0.6) is 0 Å². The highest BCUT2D eigenvalue weighted by molar-refractivity contribution is 9.10. The smallest absolute Gasteiger partial charge is 0.305 e. The van der Waals surface area contributed by atoms with Gasteiger partial charge in [0.05, 0.1) is 6.42 Å². The van der Waals surface area contributed by atoms with Crippen molar-refractivity contribution in [3.05, 3.63) is 33.3 Å². The molecule has 0 atom stereocenters. The quantitative estimate of drug-likeness (QED) is 0.809. The van der Waals surface area contributed by atoms with Gasteiger partial charge in [0.1, 0.15) is 0 Å². The molecule has 4 nitrogen and oxygen atoms in total. The number of amides is 1. The lowest BCUT2D eigenvalue weighted by molar-refractivity contribution is -0.138. The first-order valence-electron chi connectivity index (χ1n) is 6.37. The van der Waals surface area contributed by atoms with Crippen LogP contribution in [0.4, 0.5) is 0 Å². The van der Waals surface area contributed by atoms with Crippen LogP contribution in [0, 0.1) is 0 Å². The fourth-order valence-corrected chi connectivity index (χ4v) is 2.46. The Bertz CT molecular complexity index is 493. The molecule has 0 aliphatic carbocycles. The van der Waals surface area contributed by atoms with Gasteiger partial charge in [-0.3, -0.25) is 9.59 Å². The minimum Gasteiger partial charge on any atom is -0.481 e. The minimum absolute atomic E-state index is 0.0273. The number of carbonyl (C=O) groups is 2. The van der Waals surface area contributed by atoms with Crippen LogP contribution in [-0.4, -0.2) is 35.0 Å². The van der Waals surface area contributed by atoms with E-state index in [1.807, 2.05) is 19.1 Å². The number of nitrogens with zero attached hydrogens (tertiary/aromatic N) is 1. The number of aryl methyl sites for hydroxylation is 1. The van der Waals surface area contributed by atoms with Crippen molar-refractivity contribution in [3.8, 4) is 0 Å². The minimum atomic E-state index is -0.895. The number of rotatable bonds is 7. The average molecular weight is 363 g/mol. The normalized spacial score (nSPS) is 10.3. The number of aliphatic carboxylic acids is 1. The monoisotopic (exact) mass is 361 g/mol. The first kappa shape index (κ1) is 17.0. The summed E-state index contributed by atoms with van der Waals surface area (Å²) in [5, 5.41) is 9.29. The Morgan fingerprint density at radius 2 is 2.05 bits per heavy atom. The average Bonchev–Trinajstić information content (AvgIpc) is 2.40. The van der Waals surface area contributed by atoms with Gasteiger partial charge in [-0.2, -0.15) is 0 Å². The van der Waals surface area contributed by atoms with Gasteiger partial charge in [0.2, 0.25) is 5.91 Å². The Morgan fingerprint density at radius 3 is 2.65 bits per heavy atom. The van der Waals surface area contributed by atoms with E-state index in [9.17, 15) is 9.59 Å². The van der Waals surface area contributed by atoms with Crippen LogP contribution in [0.2, 0.25) is 5.02 Å². The topological polar surface area (TPSA) is 57.6 Å². The summed E-state index contributed by atoms with van der Waals surface area (Å²) in [6, 6.07) is 5.46. The van der Waals surface area contributed by atoms with Crippen molar-refractivity contribution in [2.45, 2.75) is 26.2 Å². The SMILES string of the molecule is CCN(CCC(=O)O)C(=O)CCc1cc(Cl)ccc1Br. The van der Waals surface area contributed by atoms with Gasteiger partial charge in [0.15, 0.2) is 0 Å². The predicted octanol–water partition coefficient (Wildman–Crippen LogP) is 3.36. The molecule has 0 saturated carbocycles. The van der Waals surface area contributed by atoms with Crippen LogP contribution < -0.4 is 0 Å². The van der Waals surface area contributed by atoms with E-state index in [0.717, 1.165) is 10.0 Å². The number of hydrogen-bond donors (Lipinski definition) is 1. The summed E-state index contributed by atoms with van der Waals surface area (Å²) in [5.41, 5.74) is 0.972. The fraction of sp³-hybridized carbons (Fsp3) is 0.429. The number of halogens is 2. The van der Waals surface area contributed by atoms with Crippen molar-refractivity contribution in [2.24, 2.45) is 0 Å². The van der Waals surface area contributed by atoms with Gasteiger partial charge in [0.25, 0.3) is 0 Å². The van der Waals surface area contributed by atoms with Gasteiger partial charge in [-0.25, -0.2) is 0 Å². The zero-order valence-electron chi connectivity index (χ0n) is 11.2. The van der Waals surface area contributed by atoms with Crippen LogP contribution in [0.3, 0.4) is 0 Å². The fourth-order valence-electron chi connectivity index (χ4n) is 1.82. The van der Waals surface area contributed by atoms with Crippen molar-refractivity contribution in [3.63, 3.8) is 0 Å². The third-order valence-corrected chi connectivity index (χ3v) is 3.95. The number of benzene rings is 1. The Balaban J connectivity index is 2.56. The summed E-state index contributed by atoms with van der Waals surface area (Å²) >= 11 is 9.35. The Morgan fingerprint density at radius 1 is 1.35 bits per heavy atom. The molecule has 20 heavy (non-hydrogen) atoms. The van der Waals surface area contributed by atoms with Crippen molar-refractivity contribution in [1.82, 2.24) is 4.90 Å². The predicted molar refractivity (Wildman–Crippen MR) is 82.0 cm³/mol. The third-order valence-electron chi connectivity index (χ3n) is 2.95. The molecule has 0 aromatic heterocycles. The van der Waals surface area contributed by atoms with Gasteiger partial charge >= 0.3 is 5.97 Å². The van der Waals surface area contributed by atoms with Crippen LogP contribution in [0.15, 0.2) is 22.7 Å². The van der Waals surface area contributed by atoms with Crippen LogP contribution >= 0.6 is 27.5 Å². The molecule has 1 aromatic rings. The lowest BCUT2D eigenvalue weighted by atomic mass is 10.1. The molecule has 0 radical (unpaired) electrons. The van der Waals surface area contributed by atoms with Gasteiger partial charge in [-0.05, 0) is 37.1 Å². The zero-order chi connectivity index (χ0) is 15.1. The molecule has 0 spiro atoms. The first-order chi connectivity index (χ1) is 9.43. The maximum Gasteiger partial charge on any atom is 0.305 e. The van der Waals surface area contributed by atoms with Gasteiger partial charge in [-0.1, -0.05) is 27.5 Å². The van der Waals surface area contributed by atoms with E-state index in [-0.39, 0.29) is 18.9 Å². The van der Waals surface area contributed by atoms with E-state index in [4.69, 9.17) is 16.7 Å². The number of carboxylic acids is 1. The Kier molecular flexibility index (Phi) is 7.02. The highest BCUT2D eigenvalue weighted by Gasteiger charge is 2.13. The van der Waals surface area contributed by atoms with E-state index < -0.39 is 5.97 Å². The molecule has 0 heterocycles. The molecule has 110 valence electrons. The number of hydrogen-bond acceptors (Lipinski definition) is 2. The van der Waals surface area contributed by atoms with E-state index in [0.29, 0.717) is 24.4 Å². The number of carboxylic acid groups (broad SMARTS) is 1. The maximum absolute atomic E-state index is 12.0. The van der Waals surface area contributed by atoms with Crippen molar-refractivity contribution in [2.75, 3.05) is 13.1 Å². The summed E-state index contributed by atoms with van der Waals surface area (Å²) in [5.74, 6) is -0.936. The summed E-state index contributed by atoms with van der Waals surface area (Å²) < 4.78 is 0.920. The molecular formula is C14H17BrClNO3. The van der Waals surface area contributed by atoms with Crippen LogP contribution in [0.25, 0.3) is 0 Å². The highest BCUT2D eigenvalue weighted by Crippen LogP contribution is 2.22. The number of carbonyl (C=O) groups excluding carboxylic acids is 1. The zero-order valence-corrected chi connectivity index (χ0v) is 13.6. The molecule has 0 aliphatic heterocycles. The van der Waals surface area contributed by atoms with E-state index >= 15 is 0 Å². The summed E-state index contributed by atoms with van der Waals surface area (Å²) in [6.45, 7) is 2.61. The molecule has 0 aliphatic rings. The molecular weight excluding hydrogens is 346 g/mol. The second kappa shape index (κ2) is 8.27. The lowest BCUT2D eigenvalue weighted by Gasteiger charge is -2.20. The lowest BCUT2D eigenvalue weighted by Crippen LogP contribution is -2.33. The molecule has 1 N–H and O–H groups in total. The van der Waals surface area contributed by atoms with Crippen LogP contribution in [-0.2, 0) is 16.0 Å². The Labute approximate surface area is 131 Å². The standard InChI is InChI=1S/C14H17BrClNO3/c1-2-17(8-7-14(19)20)13(18)6-3-10-9-11(16)4-5-12(10)15/h4-5,9H,2-3,6-8H2,1H3,(H,19,20). The second-order valence-corrected chi connectivity index (χ2v) is 5.64.